The first-order valence-corrected chi connectivity index (χ1v) is 9.38. The third-order valence-electron chi connectivity index (χ3n) is 3.85. The molecule has 0 atom stereocenters. The van der Waals surface area contributed by atoms with Crippen molar-refractivity contribution in [3.63, 3.8) is 0 Å². The average molecular weight is 324 g/mol. The Balaban J connectivity index is 0.00000116. The van der Waals surface area contributed by atoms with Crippen LogP contribution < -0.4 is 4.72 Å². The molecule has 0 unspecified atom stereocenters. The fraction of sp³-hybridized carbons (Fsp3) is 0.647. The number of amides is 1. The maximum absolute atomic E-state index is 11.8. The average Bonchev–Trinajstić information content (AvgIpc) is 2.57. The topological polar surface area (TPSA) is 45.2 Å². The third-order valence-corrected chi connectivity index (χ3v) is 4.26. The molecule has 124 valence electrons. The highest BCUT2D eigenvalue weighted by molar-refractivity contribution is 7.97. The van der Waals surface area contributed by atoms with Gasteiger partial charge in [0.25, 0.3) is 0 Å². The molecule has 0 aromatic carbocycles. The van der Waals surface area contributed by atoms with Gasteiger partial charge in [0.1, 0.15) is 0 Å². The molecule has 0 saturated carbocycles. The number of nitrogens with one attached hydrogen (secondary N) is 1. The molecule has 1 amide bonds. The van der Waals surface area contributed by atoms with Crippen molar-refractivity contribution in [3.8, 4) is 0 Å². The normalized spacial score (nSPS) is 15.8. The molecule has 1 aromatic heterocycles. The van der Waals surface area contributed by atoms with Gasteiger partial charge in [-0.15, -0.1) is 0 Å². The summed E-state index contributed by atoms with van der Waals surface area (Å²) >= 11 is 1.39. The van der Waals surface area contributed by atoms with Crippen molar-refractivity contribution in [3.05, 3.63) is 29.6 Å². The van der Waals surface area contributed by atoms with Crippen LogP contribution in [0.4, 0.5) is 0 Å². The van der Waals surface area contributed by atoms with E-state index in [2.05, 4.69) is 26.7 Å². The van der Waals surface area contributed by atoms with Crippen LogP contribution in [0, 0.1) is 12.8 Å². The number of likely N-dealkylation sites (tertiary alicyclic amines) is 1. The van der Waals surface area contributed by atoms with Crippen LogP contribution in [0.2, 0.25) is 0 Å². The second-order valence-corrected chi connectivity index (χ2v) is 5.96. The predicted octanol–water partition coefficient (Wildman–Crippen LogP) is 3.06. The van der Waals surface area contributed by atoms with E-state index in [-0.39, 0.29) is 11.8 Å². The zero-order valence-corrected chi connectivity index (χ0v) is 15.1. The number of aryl methyl sites for hydroxylation is 1. The highest BCUT2D eigenvalue weighted by atomic mass is 32.2. The summed E-state index contributed by atoms with van der Waals surface area (Å²) < 4.78 is 2.84. The van der Waals surface area contributed by atoms with Gasteiger partial charge in [-0.1, -0.05) is 31.9 Å². The summed E-state index contributed by atoms with van der Waals surface area (Å²) in [7, 11) is 0. The van der Waals surface area contributed by atoms with E-state index in [1.807, 2.05) is 33.2 Å². The van der Waals surface area contributed by atoms with Crippen LogP contribution in [-0.4, -0.2) is 41.7 Å². The summed E-state index contributed by atoms with van der Waals surface area (Å²) in [5.41, 5.74) is 2.35. The first-order valence-electron chi connectivity index (χ1n) is 8.16. The SMILES string of the molecule is CC.CSNC(=O)C1CCN(CCc2ccc(C)nc2)CC1. The quantitative estimate of drug-likeness (QED) is 0.846. The first-order chi connectivity index (χ1) is 10.7. The maximum atomic E-state index is 11.8. The van der Waals surface area contributed by atoms with Gasteiger partial charge >= 0.3 is 0 Å². The molecular weight excluding hydrogens is 294 g/mol. The number of nitrogens with zero attached hydrogens (tertiary/aromatic N) is 2. The predicted molar refractivity (Wildman–Crippen MR) is 94.8 cm³/mol. The van der Waals surface area contributed by atoms with Gasteiger partial charge in [0.15, 0.2) is 0 Å². The van der Waals surface area contributed by atoms with Gasteiger partial charge in [0, 0.05) is 30.6 Å². The number of carbonyl (C=O) groups excluding carboxylic acids is 1. The smallest absolute Gasteiger partial charge is 0.233 e. The summed E-state index contributed by atoms with van der Waals surface area (Å²) in [6, 6.07) is 4.22. The molecule has 22 heavy (non-hydrogen) atoms. The lowest BCUT2D eigenvalue weighted by Crippen LogP contribution is -2.39. The molecule has 1 aromatic rings. The van der Waals surface area contributed by atoms with E-state index in [1.54, 1.807) is 0 Å². The Morgan fingerprint density at radius 2 is 2.05 bits per heavy atom. The van der Waals surface area contributed by atoms with Crippen LogP contribution >= 0.6 is 11.9 Å². The van der Waals surface area contributed by atoms with Gasteiger partial charge in [-0.2, -0.15) is 0 Å². The van der Waals surface area contributed by atoms with Gasteiger partial charge < -0.3 is 9.62 Å². The van der Waals surface area contributed by atoms with E-state index < -0.39 is 0 Å². The van der Waals surface area contributed by atoms with Gasteiger partial charge in [0.05, 0.1) is 0 Å². The number of carbonyl (C=O) groups is 1. The Morgan fingerprint density at radius 3 is 2.59 bits per heavy atom. The molecule has 1 N–H and O–H groups in total. The summed E-state index contributed by atoms with van der Waals surface area (Å²) in [5, 5.41) is 0. The van der Waals surface area contributed by atoms with Crippen LogP contribution in [0.3, 0.4) is 0 Å². The Hall–Kier alpha value is -1.07. The molecule has 1 fully saturated rings. The lowest BCUT2D eigenvalue weighted by Gasteiger charge is -2.31. The lowest BCUT2D eigenvalue weighted by atomic mass is 9.96. The minimum absolute atomic E-state index is 0.194. The van der Waals surface area contributed by atoms with Gasteiger partial charge in [-0.3, -0.25) is 9.78 Å². The summed E-state index contributed by atoms with van der Waals surface area (Å²) in [4.78, 5) is 18.5. The Bertz CT molecular complexity index is 428. The summed E-state index contributed by atoms with van der Waals surface area (Å²) in [6.07, 6.45) is 6.84. The second kappa shape index (κ2) is 10.6. The number of pyridine rings is 1. The molecule has 2 heterocycles. The fourth-order valence-electron chi connectivity index (χ4n) is 2.54. The first kappa shape index (κ1) is 19.0. The molecule has 5 heteroatoms. The van der Waals surface area contributed by atoms with Crippen LogP contribution in [0.5, 0.6) is 0 Å². The minimum Gasteiger partial charge on any atom is -0.303 e. The van der Waals surface area contributed by atoms with E-state index >= 15 is 0 Å². The zero-order valence-electron chi connectivity index (χ0n) is 14.3. The Morgan fingerprint density at radius 1 is 1.36 bits per heavy atom. The van der Waals surface area contributed by atoms with Crippen LogP contribution in [-0.2, 0) is 11.2 Å². The van der Waals surface area contributed by atoms with Crippen LogP contribution in [0.1, 0.15) is 37.9 Å². The fourth-order valence-corrected chi connectivity index (χ4v) is 2.90. The molecular formula is C17H29N3OS. The molecule has 4 nitrogen and oxygen atoms in total. The summed E-state index contributed by atoms with van der Waals surface area (Å²) in [6.45, 7) is 9.10. The molecule has 0 bridgehead atoms. The standard InChI is InChI=1S/C15H23N3OS.C2H6/c1-12-3-4-13(11-16-12)5-8-18-9-6-14(7-10-18)15(19)17-20-2;1-2/h3-4,11,14H,5-10H2,1-2H3,(H,17,19);1-2H3. The molecule has 1 aliphatic heterocycles. The monoisotopic (exact) mass is 323 g/mol. The number of hydrogen-bond acceptors (Lipinski definition) is 4. The highest BCUT2D eigenvalue weighted by Crippen LogP contribution is 2.18. The molecule has 1 aliphatic rings. The zero-order chi connectivity index (χ0) is 16.4. The van der Waals surface area contributed by atoms with E-state index in [9.17, 15) is 4.79 Å². The van der Waals surface area contributed by atoms with Crippen molar-refractivity contribution in [1.29, 1.82) is 0 Å². The van der Waals surface area contributed by atoms with Gasteiger partial charge in [-0.25, -0.2) is 0 Å². The number of hydrogen-bond donors (Lipinski definition) is 1. The highest BCUT2D eigenvalue weighted by Gasteiger charge is 2.24. The van der Waals surface area contributed by atoms with Crippen molar-refractivity contribution in [2.24, 2.45) is 5.92 Å². The Labute approximate surface area is 139 Å². The number of piperidine rings is 1. The van der Waals surface area contributed by atoms with Crippen molar-refractivity contribution in [2.45, 2.75) is 40.0 Å². The second-order valence-electron chi connectivity index (χ2n) is 5.34. The van der Waals surface area contributed by atoms with Gasteiger partial charge in [-0.05, 0) is 50.9 Å². The molecule has 0 spiro atoms. The van der Waals surface area contributed by atoms with Crippen molar-refractivity contribution >= 4 is 17.9 Å². The third kappa shape index (κ3) is 6.36. The molecule has 1 saturated heterocycles. The summed E-state index contributed by atoms with van der Waals surface area (Å²) in [5.74, 6) is 0.389. The molecule has 2 rings (SSSR count). The van der Waals surface area contributed by atoms with E-state index in [4.69, 9.17) is 0 Å². The van der Waals surface area contributed by atoms with Crippen LogP contribution in [0.25, 0.3) is 0 Å². The minimum atomic E-state index is 0.194. The van der Waals surface area contributed by atoms with E-state index in [0.717, 1.165) is 44.6 Å². The molecule has 0 aliphatic carbocycles. The molecule has 0 radical (unpaired) electrons. The largest absolute Gasteiger partial charge is 0.303 e. The van der Waals surface area contributed by atoms with E-state index in [1.165, 1.54) is 17.5 Å². The number of aromatic nitrogens is 1. The van der Waals surface area contributed by atoms with Crippen LogP contribution in [0.15, 0.2) is 18.3 Å². The van der Waals surface area contributed by atoms with Crippen molar-refractivity contribution in [2.75, 3.05) is 25.9 Å². The lowest BCUT2D eigenvalue weighted by molar-refractivity contribution is -0.124. The van der Waals surface area contributed by atoms with E-state index in [0.29, 0.717) is 0 Å². The Kier molecular flexibility index (Phi) is 9.16. The van der Waals surface area contributed by atoms with Gasteiger partial charge in [0.2, 0.25) is 5.91 Å². The van der Waals surface area contributed by atoms with Crippen molar-refractivity contribution < 1.29 is 4.79 Å². The number of rotatable bonds is 5. The maximum Gasteiger partial charge on any atom is 0.233 e. The van der Waals surface area contributed by atoms with Crippen molar-refractivity contribution in [1.82, 2.24) is 14.6 Å².